The zero-order chi connectivity index (χ0) is 15.5. The number of anilines is 1. The van der Waals surface area contributed by atoms with Crippen LogP contribution in [0.5, 0.6) is 5.75 Å². The van der Waals surface area contributed by atoms with Gasteiger partial charge in [0, 0.05) is 25.6 Å². The van der Waals surface area contributed by atoms with Crippen LogP contribution < -0.4 is 4.90 Å². The third kappa shape index (κ3) is 1.84. The number of nitrogens with zero attached hydrogens (tertiary/aromatic N) is 2. The molecule has 1 aromatic carbocycles. The first-order valence-corrected chi connectivity index (χ1v) is 8.77. The number of rotatable bonds is 1. The molecule has 1 heterocycles. The molecule has 1 aromatic rings. The summed E-state index contributed by atoms with van der Waals surface area (Å²) in [6.07, 6.45) is 7.83. The maximum Gasteiger partial charge on any atom is 0.139 e. The number of fused-ring (bicyclic) bond motifs is 1. The lowest BCUT2D eigenvalue weighted by Crippen LogP contribution is -2.59. The zero-order valence-corrected chi connectivity index (χ0v) is 14.1. The molecule has 0 amide bonds. The maximum absolute atomic E-state index is 10.5. The molecule has 2 aliphatic carbocycles. The van der Waals surface area contributed by atoms with E-state index in [-0.39, 0.29) is 0 Å². The summed E-state index contributed by atoms with van der Waals surface area (Å²) in [5.74, 6) is 1.25. The molecule has 3 atom stereocenters. The number of hydrogen-bond donors (Lipinski definition) is 1. The van der Waals surface area contributed by atoms with E-state index < -0.39 is 0 Å². The lowest BCUT2D eigenvalue weighted by Gasteiger charge is -2.58. The minimum atomic E-state index is 0.339. The number of aromatic hydroxyl groups is 1. The average Bonchev–Trinajstić information content (AvgIpc) is 2.51. The number of hydrogen-bond acceptors (Lipinski definition) is 3. The summed E-state index contributed by atoms with van der Waals surface area (Å²) in [4.78, 5) is 4.62. The minimum Gasteiger partial charge on any atom is -0.506 e. The normalized spacial score (nSPS) is 34.0. The third-order valence-electron chi connectivity index (χ3n) is 6.69. The average molecular weight is 300 g/mol. The number of phenols is 1. The Labute approximate surface area is 133 Å². The predicted octanol–water partition coefficient (Wildman–Crippen LogP) is 3.15. The molecule has 1 aliphatic heterocycles. The first kappa shape index (κ1) is 14.4. The molecule has 0 radical (unpaired) electrons. The van der Waals surface area contributed by atoms with Gasteiger partial charge in [-0.15, -0.1) is 0 Å². The van der Waals surface area contributed by atoms with E-state index in [1.165, 1.54) is 49.8 Å². The maximum atomic E-state index is 10.5. The van der Waals surface area contributed by atoms with Crippen LogP contribution in [0, 0.1) is 5.92 Å². The molecule has 3 aliphatic rings. The van der Waals surface area contributed by atoms with Crippen LogP contribution in [0.15, 0.2) is 12.1 Å². The van der Waals surface area contributed by atoms with Crippen molar-refractivity contribution in [3.05, 3.63) is 23.3 Å². The third-order valence-corrected chi connectivity index (χ3v) is 6.69. The highest BCUT2D eigenvalue weighted by Crippen LogP contribution is 2.56. The molecule has 22 heavy (non-hydrogen) atoms. The van der Waals surface area contributed by atoms with Crippen LogP contribution in [-0.4, -0.2) is 43.7 Å². The number of piperidine rings is 1. The largest absolute Gasteiger partial charge is 0.506 e. The van der Waals surface area contributed by atoms with Crippen LogP contribution in [0.3, 0.4) is 0 Å². The Kier molecular flexibility index (Phi) is 3.19. The fourth-order valence-corrected chi connectivity index (χ4v) is 5.59. The minimum absolute atomic E-state index is 0.339. The van der Waals surface area contributed by atoms with Gasteiger partial charge in [-0.05, 0) is 68.5 Å². The zero-order valence-electron chi connectivity index (χ0n) is 14.1. The second-order valence-corrected chi connectivity index (χ2v) is 7.90. The van der Waals surface area contributed by atoms with Gasteiger partial charge in [-0.3, -0.25) is 0 Å². The summed E-state index contributed by atoms with van der Waals surface area (Å²) < 4.78 is 0. The molecule has 1 saturated carbocycles. The fourth-order valence-electron chi connectivity index (χ4n) is 5.59. The van der Waals surface area contributed by atoms with Gasteiger partial charge < -0.3 is 14.9 Å². The molecule has 4 rings (SSSR count). The van der Waals surface area contributed by atoms with Crippen molar-refractivity contribution in [1.82, 2.24) is 4.90 Å². The Morgan fingerprint density at radius 3 is 2.82 bits per heavy atom. The van der Waals surface area contributed by atoms with Crippen LogP contribution in [-0.2, 0) is 11.8 Å². The Morgan fingerprint density at radius 1 is 1.23 bits per heavy atom. The molecular weight excluding hydrogens is 272 g/mol. The summed E-state index contributed by atoms with van der Waals surface area (Å²) in [5.41, 5.74) is 4.26. The van der Waals surface area contributed by atoms with Gasteiger partial charge in [0.05, 0.1) is 5.69 Å². The van der Waals surface area contributed by atoms with Crippen LogP contribution >= 0.6 is 0 Å². The lowest BCUT2D eigenvalue weighted by molar-refractivity contribution is 0.00276. The van der Waals surface area contributed by atoms with Crippen molar-refractivity contribution in [3.63, 3.8) is 0 Å². The molecule has 1 N–H and O–H groups in total. The molecule has 2 fully saturated rings. The quantitative estimate of drug-likeness (QED) is 0.863. The Morgan fingerprint density at radius 2 is 2.05 bits per heavy atom. The monoisotopic (exact) mass is 300 g/mol. The summed E-state index contributed by atoms with van der Waals surface area (Å²) >= 11 is 0. The standard InChI is InChI=1S/C19H28N2O/c1-20(2)17-11-13-10-16-14-6-4-5-7-19(14,8-9-21(16)3)15(13)12-18(17)22/h11-12,14,16,22H,4-10H2,1-3H3/t14-,16+,19+/m1/s1. The van der Waals surface area contributed by atoms with Gasteiger partial charge in [-0.25, -0.2) is 0 Å². The van der Waals surface area contributed by atoms with Crippen molar-refractivity contribution in [2.45, 2.75) is 50.0 Å². The van der Waals surface area contributed by atoms with Gasteiger partial charge in [0.1, 0.15) is 5.75 Å². The van der Waals surface area contributed by atoms with Crippen LogP contribution in [0.2, 0.25) is 0 Å². The van der Waals surface area contributed by atoms with Crippen LogP contribution in [0.1, 0.15) is 43.2 Å². The predicted molar refractivity (Wildman–Crippen MR) is 90.8 cm³/mol. The van der Waals surface area contributed by atoms with Crippen molar-refractivity contribution < 1.29 is 5.11 Å². The molecule has 1 saturated heterocycles. The smallest absolute Gasteiger partial charge is 0.139 e. The van der Waals surface area contributed by atoms with Crippen LogP contribution in [0.4, 0.5) is 5.69 Å². The van der Waals surface area contributed by atoms with Gasteiger partial charge in [0.25, 0.3) is 0 Å². The van der Waals surface area contributed by atoms with Gasteiger partial charge in [0.2, 0.25) is 0 Å². The lowest BCUT2D eigenvalue weighted by atomic mass is 9.52. The van der Waals surface area contributed by atoms with Crippen molar-refractivity contribution >= 4 is 5.69 Å². The van der Waals surface area contributed by atoms with Gasteiger partial charge in [-0.1, -0.05) is 12.8 Å². The molecule has 0 aromatic heterocycles. The summed E-state index contributed by atoms with van der Waals surface area (Å²) in [7, 11) is 6.33. The van der Waals surface area contributed by atoms with E-state index in [9.17, 15) is 5.11 Å². The number of likely N-dealkylation sites (N-methyl/N-ethyl adjacent to an activating group) is 1. The SMILES string of the molecule is CN(C)c1cc2c(cc1O)[C@]13CCCC[C@@H]1[C@H](C2)N(C)CC3. The molecule has 0 unspecified atom stereocenters. The van der Waals surface area contributed by atoms with Crippen LogP contribution in [0.25, 0.3) is 0 Å². The van der Waals surface area contributed by atoms with Crippen molar-refractivity contribution in [3.8, 4) is 5.75 Å². The Bertz CT molecular complexity index is 597. The molecule has 0 spiro atoms. The van der Waals surface area contributed by atoms with E-state index in [4.69, 9.17) is 0 Å². The highest BCUT2D eigenvalue weighted by Gasteiger charge is 2.53. The first-order valence-electron chi connectivity index (χ1n) is 8.77. The van der Waals surface area contributed by atoms with E-state index in [0.717, 1.165) is 18.0 Å². The summed E-state index contributed by atoms with van der Waals surface area (Å²) in [6.45, 7) is 1.21. The number of benzene rings is 1. The summed E-state index contributed by atoms with van der Waals surface area (Å²) in [6, 6.07) is 5.06. The van der Waals surface area contributed by atoms with Gasteiger partial charge in [-0.2, -0.15) is 0 Å². The van der Waals surface area contributed by atoms with E-state index in [1.807, 2.05) is 19.0 Å². The highest BCUT2D eigenvalue weighted by atomic mass is 16.3. The topological polar surface area (TPSA) is 26.7 Å². The fraction of sp³-hybridized carbons (Fsp3) is 0.684. The molecule has 2 bridgehead atoms. The summed E-state index contributed by atoms with van der Waals surface area (Å²) in [5, 5.41) is 10.5. The number of likely N-dealkylation sites (tertiary alicyclic amines) is 1. The molecular formula is C19H28N2O. The van der Waals surface area contributed by atoms with Gasteiger partial charge >= 0.3 is 0 Å². The highest BCUT2D eigenvalue weighted by molar-refractivity contribution is 5.63. The molecule has 3 nitrogen and oxygen atoms in total. The van der Waals surface area contributed by atoms with E-state index in [0.29, 0.717) is 17.2 Å². The van der Waals surface area contributed by atoms with Crippen molar-refractivity contribution in [1.29, 1.82) is 0 Å². The van der Waals surface area contributed by atoms with Crippen molar-refractivity contribution in [2.75, 3.05) is 32.6 Å². The molecule has 3 heteroatoms. The molecule has 120 valence electrons. The Balaban J connectivity index is 1.89. The second-order valence-electron chi connectivity index (χ2n) is 7.90. The second kappa shape index (κ2) is 4.89. The number of phenolic OH excluding ortho intramolecular Hbond substituents is 1. The van der Waals surface area contributed by atoms with Gasteiger partial charge in [0.15, 0.2) is 0 Å². The van der Waals surface area contributed by atoms with Crippen molar-refractivity contribution in [2.24, 2.45) is 5.92 Å². The van der Waals surface area contributed by atoms with E-state index >= 15 is 0 Å². The van der Waals surface area contributed by atoms with E-state index in [2.05, 4.69) is 24.1 Å². The van der Waals surface area contributed by atoms with E-state index in [1.54, 1.807) is 0 Å². The first-order chi connectivity index (χ1) is 10.5. The Hall–Kier alpha value is -1.22.